The van der Waals surface area contributed by atoms with Gasteiger partial charge in [-0.3, -0.25) is 9.59 Å². The zero-order valence-corrected chi connectivity index (χ0v) is 35.7. The van der Waals surface area contributed by atoms with E-state index in [1.54, 1.807) is 21.1 Å². The average molecular weight is 754 g/mol. The Bertz CT molecular complexity index is 843. The molecule has 0 aliphatic heterocycles. The maximum atomic E-state index is 12.7. The molecule has 0 spiro atoms. The molecule has 0 heterocycles. The number of nitrogens with zero attached hydrogens (tertiary/aromatic N) is 1. The van der Waals surface area contributed by atoms with E-state index in [0.717, 1.165) is 38.5 Å². The summed E-state index contributed by atoms with van der Waals surface area (Å²) in [5, 5.41) is 11.6. The molecular weight excluding hydrogens is 666 g/mol. The standard InChI is InChI=1S/C45H87NO7/c1-6-8-10-12-14-16-18-19-20-21-22-23-24-26-27-29-31-33-35-43(47)52-40-41(39-51-38-37-42(45(49)50)46(3,4)5)53-44(48)36-34-32-30-28-25-17-15-13-11-9-7-2/h41-42H,6-40H2,1-5H3. The first-order valence-corrected chi connectivity index (χ1v) is 22.6. The molecule has 2 atom stereocenters. The molecule has 0 aromatic heterocycles. The van der Waals surface area contributed by atoms with E-state index in [1.807, 2.05) is 0 Å². The van der Waals surface area contributed by atoms with E-state index < -0.39 is 18.1 Å². The first kappa shape index (κ1) is 51.3. The smallest absolute Gasteiger partial charge is 0.306 e. The Kier molecular flexibility index (Phi) is 36.1. The van der Waals surface area contributed by atoms with E-state index >= 15 is 0 Å². The van der Waals surface area contributed by atoms with Crippen molar-refractivity contribution < 1.29 is 38.2 Å². The van der Waals surface area contributed by atoms with Crippen LogP contribution in [0.4, 0.5) is 0 Å². The molecule has 0 aliphatic carbocycles. The highest BCUT2D eigenvalue weighted by atomic mass is 16.6. The van der Waals surface area contributed by atoms with E-state index in [1.165, 1.54) is 148 Å². The predicted octanol–water partition coefficient (Wildman–Crippen LogP) is 10.8. The van der Waals surface area contributed by atoms with Crippen molar-refractivity contribution in [3.8, 4) is 0 Å². The van der Waals surface area contributed by atoms with Gasteiger partial charge in [0.15, 0.2) is 6.10 Å². The van der Waals surface area contributed by atoms with Crippen molar-refractivity contribution in [2.45, 2.75) is 231 Å². The van der Waals surface area contributed by atoms with Gasteiger partial charge in [0.2, 0.25) is 0 Å². The van der Waals surface area contributed by atoms with Gasteiger partial charge in [-0.2, -0.15) is 0 Å². The summed E-state index contributed by atoms with van der Waals surface area (Å²) in [4.78, 5) is 36.8. The highest BCUT2D eigenvalue weighted by molar-refractivity contribution is 5.70. The summed E-state index contributed by atoms with van der Waals surface area (Å²) in [6.45, 7) is 4.69. The van der Waals surface area contributed by atoms with Gasteiger partial charge in [0.25, 0.3) is 0 Å². The molecule has 2 unspecified atom stereocenters. The van der Waals surface area contributed by atoms with Crippen LogP contribution in [0.3, 0.4) is 0 Å². The number of likely N-dealkylation sites (N-methyl/N-ethyl adjacent to an activating group) is 1. The minimum atomic E-state index is -1.12. The van der Waals surface area contributed by atoms with Gasteiger partial charge in [-0.15, -0.1) is 0 Å². The molecule has 8 nitrogen and oxygen atoms in total. The normalized spacial score (nSPS) is 12.8. The molecule has 314 valence electrons. The fourth-order valence-electron chi connectivity index (χ4n) is 6.95. The maximum Gasteiger partial charge on any atom is 0.306 e. The molecule has 0 aliphatic rings. The third-order valence-electron chi connectivity index (χ3n) is 10.5. The minimum absolute atomic E-state index is 0.0490. The molecule has 0 rings (SSSR count). The molecule has 8 heteroatoms. The third kappa shape index (κ3) is 35.8. The van der Waals surface area contributed by atoms with Crippen molar-refractivity contribution in [3.05, 3.63) is 0 Å². The molecule has 0 radical (unpaired) electrons. The van der Waals surface area contributed by atoms with Crippen LogP contribution in [0.15, 0.2) is 0 Å². The van der Waals surface area contributed by atoms with Crippen molar-refractivity contribution in [2.24, 2.45) is 0 Å². The summed E-state index contributed by atoms with van der Waals surface area (Å²) < 4.78 is 17.2. The van der Waals surface area contributed by atoms with Gasteiger partial charge >= 0.3 is 11.9 Å². The second-order valence-electron chi connectivity index (χ2n) is 16.7. The lowest BCUT2D eigenvalue weighted by atomic mass is 10.0. The van der Waals surface area contributed by atoms with Crippen LogP contribution in [-0.4, -0.2) is 75.5 Å². The molecule has 0 aromatic rings. The Balaban J connectivity index is 4.23. The van der Waals surface area contributed by atoms with Gasteiger partial charge in [-0.05, 0) is 12.8 Å². The van der Waals surface area contributed by atoms with Crippen LogP contribution in [-0.2, 0) is 28.6 Å². The molecule has 0 amide bonds. The maximum absolute atomic E-state index is 12.7. The van der Waals surface area contributed by atoms with Crippen molar-refractivity contribution in [1.82, 2.24) is 0 Å². The Morgan fingerprint density at radius 3 is 1.17 bits per heavy atom. The van der Waals surface area contributed by atoms with Crippen molar-refractivity contribution >= 4 is 17.9 Å². The van der Waals surface area contributed by atoms with Crippen LogP contribution in [0.2, 0.25) is 0 Å². The van der Waals surface area contributed by atoms with Crippen LogP contribution < -0.4 is 5.11 Å². The van der Waals surface area contributed by atoms with E-state index in [4.69, 9.17) is 14.2 Å². The second-order valence-corrected chi connectivity index (χ2v) is 16.7. The zero-order valence-electron chi connectivity index (χ0n) is 35.7. The number of quaternary nitrogens is 1. The van der Waals surface area contributed by atoms with Crippen LogP contribution in [0.25, 0.3) is 0 Å². The fraction of sp³-hybridized carbons (Fsp3) is 0.933. The summed E-state index contributed by atoms with van der Waals surface area (Å²) >= 11 is 0. The minimum Gasteiger partial charge on any atom is -0.544 e. The zero-order chi connectivity index (χ0) is 39.3. The van der Waals surface area contributed by atoms with Crippen molar-refractivity contribution in [2.75, 3.05) is 41.0 Å². The van der Waals surface area contributed by atoms with Gasteiger partial charge in [-0.1, -0.05) is 187 Å². The highest BCUT2D eigenvalue weighted by Crippen LogP contribution is 2.16. The van der Waals surface area contributed by atoms with Crippen LogP contribution in [0.5, 0.6) is 0 Å². The van der Waals surface area contributed by atoms with E-state index in [2.05, 4.69) is 13.8 Å². The fourth-order valence-corrected chi connectivity index (χ4v) is 6.95. The number of carbonyl (C=O) groups is 3. The summed E-state index contributed by atoms with van der Waals surface area (Å²) in [5.74, 6) is -1.72. The summed E-state index contributed by atoms with van der Waals surface area (Å²) in [6, 6.07) is -0.718. The number of carboxylic acid groups (broad SMARTS) is 1. The number of carbonyl (C=O) groups excluding carboxylic acids is 3. The quantitative estimate of drug-likeness (QED) is 0.0348. The van der Waals surface area contributed by atoms with Crippen LogP contribution in [0, 0.1) is 0 Å². The van der Waals surface area contributed by atoms with Gasteiger partial charge in [-0.25, -0.2) is 0 Å². The van der Waals surface area contributed by atoms with E-state index in [9.17, 15) is 19.5 Å². The predicted molar refractivity (Wildman–Crippen MR) is 218 cm³/mol. The van der Waals surface area contributed by atoms with Crippen molar-refractivity contribution in [1.29, 1.82) is 0 Å². The average Bonchev–Trinajstić information content (AvgIpc) is 3.11. The summed E-state index contributed by atoms with van der Waals surface area (Å²) in [6.07, 6.45) is 36.9. The first-order valence-electron chi connectivity index (χ1n) is 22.6. The second kappa shape index (κ2) is 37.3. The molecule has 0 saturated carbocycles. The number of hydrogen-bond acceptors (Lipinski definition) is 7. The van der Waals surface area contributed by atoms with E-state index in [0.29, 0.717) is 12.8 Å². The Morgan fingerprint density at radius 1 is 0.491 bits per heavy atom. The Hall–Kier alpha value is -1.67. The number of esters is 2. The largest absolute Gasteiger partial charge is 0.544 e. The molecule has 0 bridgehead atoms. The van der Waals surface area contributed by atoms with Crippen molar-refractivity contribution in [3.63, 3.8) is 0 Å². The monoisotopic (exact) mass is 754 g/mol. The van der Waals surface area contributed by atoms with Gasteiger partial charge in [0.1, 0.15) is 12.6 Å². The molecule has 0 aromatic carbocycles. The molecule has 0 fully saturated rings. The Morgan fingerprint density at radius 2 is 0.830 bits per heavy atom. The number of ether oxygens (including phenoxy) is 3. The topological polar surface area (TPSA) is 102 Å². The lowest BCUT2D eigenvalue weighted by Gasteiger charge is -2.34. The number of hydrogen-bond donors (Lipinski definition) is 0. The number of unbranched alkanes of at least 4 members (excludes halogenated alkanes) is 27. The highest BCUT2D eigenvalue weighted by Gasteiger charge is 2.25. The first-order chi connectivity index (χ1) is 25.6. The number of rotatable bonds is 41. The van der Waals surface area contributed by atoms with Gasteiger partial charge < -0.3 is 28.6 Å². The van der Waals surface area contributed by atoms with Crippen LogP contribution >= 0.6 is 0 Å². The number of carboxylic acids is 1. The third-order valence-corrected chi connectivity index (χ3v) is 10.5. The SMILES string of the molecule is CCCCCCCCCCCCCCCCCCCCC(=O)OCC(COCCC(C(=O)[O-])[N+](C)(C)C)OC(=O)CCCCCCCCCCCCC. The van der Waals surface area contributed by atoms with Gasteiger partial charge in [0.05, 0.1) is 40.3 Å². The number of aliphatic carboxylic acids is 1. The van der Waals surface area contributed by atoms with E-state index in [-0.39, 0.29) is 42.7 Å². The molecule has 0 saturated heterocycles. The summed E-state index contributed by atoms with van der Waals surface area (Å²) in [5.41, 5.74) is 0. The molecule has 0 N–H and O–H groups in total. The van der Waals surface area contributed by atoms with Gasteiger partial charge in [0, 0.05) is 19.3 Å². The molecular formula is C45H87NO7. The molecule has 53 heavy (non-hydrogen) atoms. The lowest BCUT2D eigenvalue weighted by Crippen LogP contribution is -2.55. The summed E-state index contributed by atoms with van der Waals surface area (Å²) in [7, 11) is 5.42. The van der Waals surface area contributed by atoms with Crippen LogP contribution in [0.1, 0.15) is 219 Å². The lowest BCUT2D eigenvalue weighted by molar-refractivity contribution is -0.889. The Labute approximate surface area is 327 Å².